The normalized spacial score (nSPS) is 11.6. The van der Waals surface area contributed by atoms with Gasteiger partial charge in [-0.15, -0.1) is 0 Å². The second-order valence-electron chi connectivity index (χ2n) is 5.83. The van der Waals surface area contributed by atoms with Crippen LogP contribution in [0.25, 0.3) is 10.8 Å². The maximum Gasteiger partial charge on any atom is 0.253 e. The van der Waals surface area contributed by atoms with E-state index >= 15 is 0 Å². The Hall–Kier alpha value is -1.65. The number of amides is 1. The lowest BCUT2D eigenvalue weighted by atomic mass is 9.89. The summed E-state index contributed by atoms with van der Waals surface area (Å²) in [5.74, 6) is -0.179. The van der Waals surface area contributed by atoms with E-state index in [0.717, 1.165) is 10.8 Å². The number of benzene rings is 1. The summed E-state index contributed by atoms with van der Waals surface area (Å²) in [6.07, 6.45) is 2.13. The monoisotopic (exact) mass is 306 g/mol. The first-order valence-corrected chi connectivity index (χ1v) is 7.25. The van der Waals surface area contributed by atoms with Crippen LogP contribution in [0.15, 0.2) is 30.5 Å². The molecule has 0 saturated heterocycles. The number of halogens is 1. The van der Waals surface area contributed by atoms with Gasteiger partial charge in [0.05, 0.1) is 5.56 Å². The van der Waals surface area contributed by atoms with Gasteiger partial charge in [-0.25, -0.2) is 4.98 Å². The Morgan fingerprint density at radius 3 is 2.67 bits per heavy atom. The molecule has 0 aliphatic carbocycles. The molecule has 1 aromatic heterocycles. The third-order valence-corrected chi connectivity index (χ3v) is 3.81. The molecule has 4 nitrogen and oxygen atoms in total. The van der Waals surface area contributed by atoms with Crippen LogP contribution in [-0.2, 0) is 0 Å². The summed E-state index contributed by atoms with van der Waals surface area (Å²) in [6.45, 7) is 4.60. The molecule has 1 aromatic carbocycles. The molecule has 0 aliphatic rings. The van der Waals surface area contributed by atoms with Gasteiger partial charge >= 0.3 is 0 Å². The number of carbonyl (C=O) groups is 1. The predicted octanol–water partition coefficient (Wildman–Crippen LogP) is 3.03. The van der Waals surface area contributed by atoms with E-state index in [1.165, 1.54) is 6.20 Å². The molecule has 0 saturated carbocycles. The van der Waals surface area contributed by atoms with Crippen LogP contribution in [0.4, 0.5) is 0 Å². The Balaban J connectivity index is 2.23. The zero-order valence-electron chi connectivity index (χ0n) is 12.2. The van der Waals surface area contributed by atoms with Crippen molar-refractivity contribution in [2.45, 2.75) is 20.3 Å². The third kappa shape index (κ3) is 3.71. The second kappa shape index (κ2) is 6.41. The summed E-state index contributed by atoms with van der Waals surface area (Å²) >= 11 is 6.05. The second-order valence-corrected chi connectivity index (χ2v) is 6.19. The number of hydrogen-bond donors (Lipinski definition) is 2. The van der Waals surface area contributed by atoms with E-state index in [2.05, 4.69) is 10.3 Å². The van der Waals surface area contributed by atoms with Crippen LogP contribution < -0.4 is 5.32 Å². The molecule has 21 heavy (non-hydrogen) atoms. The van der Waals surface area contributed by atoms with Crippen molar-refractivity contribution in [1.29, 1.82) is 0 Å². The van der Waals surface area contributed by atoms with Gasteiger partial charge in [0.2, 0.25) is 0 Å². The molecule has 112 valence electrons. The highest BCUT2D eigenvalue weighted by Gasteiger charge is 2.19. The van der Waals surface area contributed by atoms with Crippen LogP contribution in [0.5, 0.6) is 0 Å². The molecule has 2 N–H and O–H groups in total. The fraction of sp³-hybridized carbons (Fsp3) is 0.375. The smallest absolute Gasteiger partial charge is 0.253 e. The number of nitrogens with one attached hydrogen (secondary N) is 1. The van der Waals surface area contributed by atoms with E-state index in [4.69, 9.17) is 16.7 Å². The van der Waals surface area contributed by atoms with Gasteiger partial charge in [0.15, 0.2) is 0 Å². The van der Waals surface area contributed by atoms with Crippen molar-refractivity contribution in [3.63, 3.8) is 0 Å². The minimum atomic E-state index is -0.179. The number of aliphatic hydroxyl groups excluding tert-OH is 1. The van der Waals surface area contributed by atoms with Gasteiger partial charge in [-0.3, -0.25) is 4.79 Å². The maximum atomic E-state index is 12.4. The first kappa shape index (κ1) is 15.7. The van der Waals surface area contributed by atoms with Crippen molar-refractivity contribution in [1.82, 2.24) is 10.3 Å². The highest BCUT2D eigenvalue weighted by atomic mass is 35.5. The van der Waals surface area contributed by atoms with E-state index in [9.17, 15) is 4.79 Å². The number of rotatable bonds is 5. The predicted molar refractivity (Wildman–Crippen MR) is 84.6 cm³/mol. The first-order valence-electron chi connectivity index (χ1n) is 6.87. The minimum absolute atomic E-state index is 0.105. The van der Waals surface area contributed by atoms with Crippen molar-refractivity contribution in [3.05, 3.63) is 41.2 Å². The van der Waals surface area contributed by atoms with E-state index in [0.29, 0.717) is 23.7 Å². The molecule has 0 aliphatic heterocycles. The lowest BCUT2D eigenvalue weighted by molar-refractivity contribution is 0.0929. The highest BCUT2D eigenvalue weighted by molar-refractivity contribution is 6.34. The molecule has 0 fully saturated rings. The van der Waals surface area contributed by atoms with Gasteiger partial charge in [-0.05, 0) is 17.2 Å². The molecule has 0 spiro atoms. The molecule has 0 bridgehead atoms. The molecule has 0 unspecified atom stereocenters. The Morgan fingerprint density at radius 2 is 2.00 bits per heavy atom. The van der Waals surface area contributed by atoms with Gasteiger partial charge in [0.25, 0.3) is 5.91 Å². The van der Waals surface area contributed by atoms with E-state index in [-0.39, 0.29) is 17.9 Å². The SMILES string of the molecule is CC(C)(CCO)CNC(=O)c1cnc(Cl)c2ccccc12. The van der Waals surface area contributed by atoms with Crippen LogP contribution in [0.3, 0.4) is 0 Å². The van der Waals surface area contributed by atoms with Gasteiger partial charge in [0, 0.05) is 24.7 Å². The molecule has 2 rings (SSSR count). The fourth-order valence-electron chi connectivity index (χ4n) is 2.14. The summed E-state index contributed by atoms with van der Waals surface area (Å²) in [5, 5.41) is 13.9. The lowest BCUT2D eigenvalue weighted by Crippen LogP contribution is -2.34. The van der Waals surface area contributed by atoms with Crippen LogP contribution in [0.1, 0.15) is 30.6 Å². The van der Waals surface area contributed by atoms with E-state index in [1.54, 1.807) is 0 Å². The van der Waals surface area contributed by atoms with Crippen molar-refractivity contribution < 1.29 is 9.90 Å². The topological polar surface area (TPSA) is 62.2 Å². The quantitative estimate of drug-likeness (QED) is 0.835. The highest BCUT2D eigenvalue weighted by Crippen LogP contribution is 2.24. The first-order chi connectivity index (χ1) is 9.94. The third-order valence-electron chi connectivity index (χ3n) is 3.51. The molecule has 0 radical (unpaired) electrons. The standard InChI is InChI=1S/C16H19ClN2O2/c1-16(2,7-8-20)10-19-15(21)13-9-18-14(17)12-6-4-3-5-11(12)13/h3-6,9,20H,7-8,10H2,1-2H3,(H,19,21). The summed E-state index contributed by atoms with van der Waals surface area (Å²) < 4.78 is 0. The molecule has 1 heterocycles. The van der Waals surface area contributed by atoms with Gasteiger partial charge in [-0.2, -0.15) is 0 Å². The van der Waals surface area contributed by atoms with Crippen LogP contribution in [0.2, 0.25) is 5.15 Å². The molecule has 0 atom stereocenters. The van der Waals surface area contributed by atoms with Gasteiger partial charge in [0.1, 0.15) is 5.15 Å². The Labute approximate surface area is 129 Å². The Bertz CT molecular complexity index is 656. The summed E-state index contributed by atoms with van der Waals surface area (Å²) in [5.41, 5.74) is 0.356. The number of hydrogen-bond acceptors (Lipinski definition) is 3. The summed E-state index contributed by atoms with van der Waals surface area (Å²) in [6, 6.07) is 7.43. The van der Waals surface area contributed by atoms with Crippen molar-refractivity contribution in [3.8, 4) is 0 Å². The molecule has 1 amide bonds. The number of aromatic nitrogens is 1. The van der Waals surface area contributed by atoms with Crippen molar-refractivity contribution in [2.24, 2.45) is 5.41 Å². The zero-order valence-corrected chi connectivity index (χ0v) is 12.9. The molecule has 5 heteroatoms. The summed E-state index contributed by atoms with van der Waals surface area (Å²) in [7, 11) is 0. The lowest BCUT2D eigenvalue weighted by Gasteiger charge is -2.24. The van der Waals surface area contributed by atoms with E-state index in [1.807, 2.05) is 38.1 Å². The minimum Gasteiger partial charge on any atom is -0.396 e. The van der Waals surface area contributed by atoms with Crippen molar-refractivity contribution >= 4 is 28.3 Å². The Morgan fingerprint density at radius 1 is 1.33 bits per heavy atom. The zero-order chi connectivity index (χ0) is 15.5. The Kier molecular flexibility index (Phi) is 4.80. The number of carbonyl (C=O) groups excluding carboxylic acids is 1. The van der Waals surface area contributed by atoms with Gasteiger partial charge in [-0.1, -0.05) is 49.7 Å². The van der Waals surface area contributed by atoms with Gasteiger partial charge < -0.3 is 10.4 Å². The molecule has 2 aromatic rings. The average Bonchev–Trinajstić information content (AvgIpc) is 2.46. The average molecular weight is 307 g/mol. The van der Waals surface area contributed by atoms with Crippen molar-refractivity contribution in [2.75, 3.05) is 13.2 Å². The maximum absolute atomic E-state index is 12.4. The number of fused-ring (bicyclic) bond motifs is 1. The number of aliphatic hydroxyl groups is 1. The van der Waals surface area contributed by atoms with Crippen LogP contribution in [0, 0.1) is 5.41 Å². The van der Waals surface area contributed by atoms with Crippen LogP contribution >= 0.6 is 11.6 Å². The largest absolute Gasteiger partial charge is 0.396 e. The number of pyridine rings is 1. The molecular formula is C16H19ClN2O2. The summed E-state index contributed by atoms with van der Waals surface area (Å²) in [4.78, 5) is 16.4. The van der Waals surface area contributed by atoms with E-state index < -0.39 is 0 Å². The number of nitrogens with zero attached hydrogens (tertiary/aromatic N) is 1. The van der Waals surface area contributed by atoms with Crippen LogP contribution in [-0.4, -0.2) is 29.1 Å². The fourth-order valence-corrected chi connectivity index (χ4v) is 2.36. The molecular weight excluding hydrogens is 288 g/mol.